The van der Waals surface area contributed by atoms with Crippen LogP contribution in [0.4, 0.5) is 0 Å². The Kier molecular flexibility index (Phi) is 5.53. The zero-order valence-corrected chi connectivity index (χ0v) is 15.1. The molecule has 10 heteroatoms. The quantitative estimate of drug-likeness (QED) is 0.467. The van der Waals surface area contributed by atoms with Crippen LogP contribution >= 0.6 is 0 Å². The predicted molar refractivity (Wildman–Crippen MR) is 82.3 cm³/mol. The van der Waals surface area contributed by atoms with Crippen LogP contribution in [0.5, 0.6) is 0 Å². The second-order valence-electron chi connectivity index (χ2n) is 6.20. The number of rotatable bonds is 4. The predicted octanol–water partition coefficient (Wildman–Crippen LogP) is -0.674. The lowest BCUT2D eigenvalue weighted by Crippen LogP contribution is -2.57. The Morgan fingerprint density at radius 3 is 0.923 bits per heavy atom. The van der Waals surface area contributed by atoms with Crippen molar-refractivity contribution in [3.05, 3.63) is 0 Å². The molecule has 0 aromatic carbocycles. The van der Waals surface area contributed by atoms with E-state index in [9.17, 15) is 24.0 Å². The number of ether oxygens (including phenoxy) is 4. The van der Waals surface area contributed by atoms with Crippen LogP contribution in [0.1, 0.15) is 34.6 Å². The molecule has 6 atom stereocenters. The SMILES string of the molecule is CC(=O)O[C@@H]1C2[C@H](OC(C)=O)[C@H](OC(C)=O)C([C@@H]1OC(C)=O)N2C(C)=O. The molecule has 0 radical (unpaired) electrons. The zero-order valence-electron chi connectivity index (χ0n) is 15.1. The summed E-state index contributed by atoms with van der Waals surface area (Å²) in [5.41, 5.74) is 0. The van der Waals surface area contributed by atoms with E-state index < -0.39 is 66.3 Å². The zero-order chi connectivity index (χ0) is 19.8. The van der Waals surface area contributed by atoms with Crippen LogP contribution in [-0.2, 0) is 42.9 Å². The Labute approximate surface area is 149 Å². The van der Waals surface area contributed by atoms with Crippen molar-refractivity contribution in [2.45, 2.75) is 71.1 Å². The van der Waals surface area contributed by atoms with E-state index in [1.54, 1.807) is 0 Å². The number of hydrogen-bond acceptors (Lipinski definition) is 9. The molecule has 2 fully saturated rings. The summed E-state index contributed by atoms with van der Waals surface area (Å²) in [6.07, 6.45) is -4.22. The summed E-state index contributed by atoms with van der Waals surface area (Å²) in [5, 5.41) is 0. The number of hydrogen-bond donors (Lipinski definition) is 0. The second kappa shape index (κ2) is 7.30. The molecule has 2 unspecified atom stereocenters. The maximum absolute atomic E-state index is 12.2. The summed E-state index contributed by atoms with van der Waals surface area (Å²) >= 11 is 0. The van der Waals surface area contributed by atoms with Gasteiger partial charge in [-0.15, -0.1) is 0 Å². The molecule has 10 nitrogen and oxygen atoms in total. The Balaban J connectivity index is 2.51. The maximum atomic E-state index is 12.2. The molecule has 2 saturated heterocycles. The molecule has 0 aliphatic carbocycles. The lowest BCUT2D eigenvalue weighted by molar-refractivity contribution is -0.188. The molecule has 1 amide bonds. The number of fused-ring (bicyclic) bond motifs is 2. The van der Waals surface area contributed by atoms with E-state index in [2.05, 4.69) is 0 Å². The minimum Gasteiger partial charge on any atom is -0.456 e. The highest BCUT2D eigenvalue weighted by Gasteiger charge is 2.69. The summed E-state index contributed by atoms with van der Waals surface area (Å²) < 4.78 is 21.0. The van der Waals surface area contributed by atoms with Gasteiger partial charge in [0.05, 0.1) is 0 Å². The molecule has 0 spiro atoms. The highest BCUT2D eigenvalue weighted by molar-refractivity contribution is 5.77. The third-order valence-electron chi connectivity index (χ3n) is 4.21. The molecule has 2 aliphatic heterocycles. The summed E-state index contributed by atoms with van der Waals surface area (Å²) in [6.45, 7) is 5.93. The molecule has 2 rings (SSSR count). The first-order valence-electron chi connectivity index (χ1n) is 8.02. The molecule has 0 aromatic heterocycles. The van der Waals surface area contributed by atoms with Gasteiger partial charge in [-0.25, -0.2) is 0 Å². The summed E-state index contributed by atoms with van der Waals surface area (Å²) in [7, 11) is 0. The van der Waals surface area contributed by atoms with Crippen molar-refractivity contribution in [3.63, 3.8) is 0 Å². The van der Waals surface area contributed by atoms with Crippen LogP contribution in [-0.4, -0.2) is 71.2 Å². The van der Waals surface area contributed by atoms with Gasteiger partial charge < -0.3 is 23.8 Å². The van der Waals surface area contributed by atoms with Gasteiger partial charge in [0, 0.05) is 34.6 Å². The fraction of sp³-hybridized carbons (Fsp3) is 0.688. The normalized spacial score (nSPS) is 32.0. The molecular formula is C16H21NO9. The molecule has 0 aromatic rings. The van der Waals surface area contributed by atoms with E-state index in [0.29, 0.717) is 0 Å². The van der Waals surface area contributed by atoms with Crippen LogP contribution < -0.4 is 0 Å². The van der Waals surface area contributed by atoms with Crippen molar-refractivity contribution in [1.82, 2.24) is 4.90 Å². The first kappa shape index (κ1) is 19.7. The minimum absolute atomic E-state index is 0.432. The van der Waals surface area contributed by atoms with Gasteiger partial charge in [-0.2, -0.15) is 0 Å². The third-order valence-corrected chi connectivity index (χ3v) is 4.21. The Bertz CT molecular complexity index is 554. The third kappa shape index (κ3) is 3.63. The summed E-state index contributed by atoms with van der Waals surface area (Å²) in [6, 6.07) is -1.89. The molecule has 0 saturated carbocycles. The lowest BCUT2D eigenvalue weighted by atomic mass is 9.89. The summed E-state index contributed by atoms with van der Waals surface area (Å²) in [5.74, 6) is -3.07. The smallest absolute Gasteiger partial charge is 0.303 e. The lowest BCUT2D eigenvalue weighted by Gasteiger charge is -2.36. The van der Waals surface area contributed by atoms with E-state index in [-0.39, 0.29) is 0 Å². The number of esters is 4. The second-order valence-corrected chi connectivity index (χ2v) is 6.20. The van der Waals surface area contributed by atoms with Crippen LogP contribution in [0.2, 0.25) is 0 Å². The summed E-state index contributed by atoms with van der Waals surface area (Å²) in [4.78, 5) is 59.5. The van der Waals surface area contributed by atoms with Gasteiger partial charge in [0.15, 0.2) is 24.4 Å². The number of carbonyl (C=O) groups excluding carboxylic acids is 5. The van der Waals surface area contributed by atoms with Gasteiger partial charge in [0.2, 0.25) is 5.91 Å². The number of amides is 1. The Hall–Kier alpha value is -2.65. The van der Waals surface area contributed by atoms with Crippen LogP contribution in [0.25, 0.3) is 0 Å². The molecule has 2 heterocycles. The van der Waals surface area contributed by atoms with Crippen LogP contribution in [0, 0.1) is 0 Å². The minimum atomic E-state index is -1.05. The fourth-order valence-electron chi connectivity index (χ4n) is 3.72. The van der Waals surface area contributed by atoms with Crippen molar-refractivity contribution >= 4 is 29.8 Å². The monoisotopic (exact) mass is 371 g/mol. The van der Waals surface area contributed by atoms with E-state index in [1.165, 1.54) is 39.5 Å². The highest BCUT2D eigenvalue weighted by Crippen LogP contribution is 2.44. The maximum Gasteiger partial charge on any atom is 0.303 e. The van der Waals surface area contributed by atoms with Crippen molar-refractivity contribution in [1.29, 1.82) is 0 Å². The molecular weight excluding hydrogens is 350 g/mol. The van der Waals surface area contributed by atoms with Gasteiger partial charge in [-0.05, 0) is 0 Å². The van der Waals surface area contributed by atoms with E-state index in [4.69, 9.17) is 18.9 Å². The van der Waals surface area contributed by atoms with Crippen molar-refractivity contribution in [2.75, 3.05) is 0 Å². The highest BCUT2D eigenvalue weighted by atomic mass is 16.6. The largest absolute Gasteiger partial charge is 0.456 e. The van der Waals surface area contributed by atoms with Gasteiger partial charge in [-0.3, -0.25) is 24.0 Å². The van der Waals surface area contributed by atoms with Crippen LogP contribution in [0.15, 0.2) is 0 Å². The van der Waals surface area contributed by atoms with Gasteiger partial charge in [0.1, 0.15) is 12.1 Å². The molecule has 0 N–H and O–H groups in total. The average Bonchev–Trinajstić information content (AvgIpc) is 2.90. The van der Waals surface area contributed by atoms with E-state index in [0.717, 1.165) is 0 Å². The van der Waals surface area contributed by atoms with Crippen molar-refractivity contribution in [2.24, 2.45) is 0 Å². The van der Waals surface area contributed by atoms with Gasteiger partial charge in [-0.1, -0.05) is 0 Å². The van der Waals surface area contributed by atoms with Crippen molar-refractivity contribution in [3.8, 4) is 0 Å². The first-order chi connectivity index (χ1) is 12.0. The fourth-order valence-corrected chi connectivity index (χ4v) is 3.72. The molecule has 26 heavy (non-hydrogen) atoms. The van der Waals surface area contributed by atoms with E-state index >= 15 is 0 Å². The number of carbonyl (C=O) groups is 5. The number of nitrogens with zero attached hydrogens (tertiary/aromatic N) is 1. The Morgan fingerprint density at radius 1 is 0.538 bits per heavy atom. The molecule has 144 valence electrons. The van der Waals surface area contributed by atoms with Crippen LogP contribution in [0.3, 0.4) is 0 Å². The standard InChI is InChI=1S/C16H21NO9/c1-6(18)17-11-13(23-7(2)19)14(24-8(3)20)12(17)16(26-10(5)22)15(11)25-9(4)21/h11-16H,1-5H3/t11?,12?,13-,14+,15+,16-. The first-order valence-corrected chi connectivity index (χ1v) is 8.02. The van der Waals surface area contributed by atoms with Gasteiger partial charge >= 0.3 is 23.9 Å². The molecule has 2 aliphatic rings. The molecule has 2 bridgehead atoms. The van der Waals surface area contributed by atoms with Gasteiger partial charge in [0.25, 0.3) is 0 Å². The Morgan fingerprint density at radius 2 is 0.769 bits per heavy atom. The average molecular weight is 371 g/mol. The van der Waals surface area contributed by atoms with E-state index in [1.807, 2.05) is 0 Å². The topological polar surface area (TPSA) is 126 Å². The van der Waals surface area contributed by atoms with Crippen molar-refractivity contribution < 1.29 is 42.9 Å².